The lowest BCUT2D eigenvalue weighted by Gasteiger charge is -2.17. The summed E-state index contributed by atoms with van der Waals surface area (Å²) in [6.45, 7) is 6.65. The molecule has 0 bridgehead atoms. The maximum atomic E-state index is 12.1. The van der Waals surface area contributed by atoms with Gasteiger partial charge in [-0.1, -0.05) is 20.8 Å². The van der Waals surface area contributed by atoms with Gasteiger partial charge in [0.25, 0.3) is 0 Å². The van der Waals surface area contributed by atoms with E-state index >= 15 is 0 Å². The van der Waals surface area contributed by atoms with E-state index in [0.717, 1.165) is 25.9 Å². The quantitative estimate of drug-likeness (QED) is 0.830. The smallest absolute Gasteiger partial charge is 0.230 e. The lowest BCUT2D eigenvalue weighted by Crippen LogP contribution is -2.28. The fraction of sp³-hybridized carbons (Fsp3) is 0.647. The van der Waals surface area contributed by atoms with Gasteiger partial charge in [-0.3, -0.25) is 9.59 Å². The number of nitrogens with one attached hydrogen (secondary N) is 1. The van der Waals surface area contributed by atoms with E-state index in [1.165, 1.54) is 12.4 Å². The number of ketones is 1. The van der Waals surface area contributed by atoms with Crippen LogP contribution in [0.3, 0.4) is 0 Å². The molecular formula is C17H25N3O4. The molecule has 1 aromatic rings. The van der Waals surface area contributed by atoms with Crippen molar-refractivity contribution in [1.82, 2.24) is 9.97 Å². The Balaban J connectivity index is 1.85. The molecular weight excluding hydrogens is 310 g/mol. The van der Waals surface area contributed by atoms with Crippen molar-refractivity contribution in [3.8, 4) is 0 Å². The molecule has 0 aromatic carbocycles. The summed E-state index contributed by atoms with van der Waals surface area (Å²) >= 11 is 0. The Kier molecular flexibility index (Phi) is 6.39. The molecule has 1 aromatic heterocycles. The Morgan fingerprint density at radius 1 is 1.29 bits per heavy atom. The molecule has 7 nitrogen and oxygen atoms in total. The Hall–Kier alpha value is -1.86. The van der Waals surface area contributed by atoms with Gasteiger partial charge < -0.3 is 14.8 Å². The minimum Gasteiger partial charge on any atom is -0.379 e. The molecule has 0 saturated carbocycles. The molecule has 1 amide bonds. The summed E-state index contributed by atoms with van der Waals surface area (Å²) in [5, 5.41) is 2.67. The number of anilines is 1. The molecule has 1 N–H and O–H groups in total. The van der Waals surface area contributed by atoms with E-state index < -0.39 is 5.41 Å². The van der Waals surface area contributed by atoms with Crippen LogP contribution in [0.25, 0.3) is 0 Å². The highest BCUT2D eigenvalue weighted by Crippen LogP contribution is 2.16. The van der Waals surface area contributed by atoms with Gasteiger partial charge in [-0.15, -0.1) is 0 Å². The van der Waals surface area contributed by atoms with Crippen LogP contribution in [0.5, 0.6) is 0 Å². The molecule has 24 heavy (non-hydrogen) atoms. The van der Waals surface area contributed by atoms with Gasteiger partial charge in [0.15, 0.2) is 5.82 Å². The second kappa shape index (κ2) is 8.30. The molecule has 1 aliphatic rings. The van der Waals surface area contributed by atoms with Crippen molar-refractivity contribution >= 4 is 17.5 Å². The first-order valence-corrected chi connectivity index (χ1v) is 8.22. The van der Waals surface area contributed by atoms with Gasteiger partial charge in [0.2, 0.25) is 11.7 Å². The van der Waals surface area contributed by atoms with E-state index in [1.54, 1.807) is 0 Å². The highest BCUT2D eigenvalue weighted by Gasteiger charge is 2.22. The van der Waals surface area contributed by atoms with E-state index in [-0.39, 0.29) is 30.1 Å². The molecule has 7 heteroatoms. The zero-order chi connectivity index (χ0) is 17.6. The number of carbonyl (C=O) groups excluding carboxylic acids is 2. The van der Waals surface area contributed by atoms with Crippen molar-refractivity contribution in [3.63, 3.8) is 0 Å². The van der Waals surface area contributed by atoms with E-state index in [9.17, 15) is 9.59 Å². The van der Waals surface area contributed by atoms with Gasteiger partial charge in [-0.25, -0.2) is 9.97 Å². The topological polar surface area (TPSA) is 90.4 Å². The predicted molar refractivity (Wildman–Crippen MR) is 88.9 cm³/mol. The standard InChI is InChI=1S/C17H25N3O4/c1-17(2,3)16(22)20-15-9-18-13(8-19-15)14(21)11-24-12-6-4-5-7-23-10-12/h8-9,12H,4-7,10-11H2,1-3H3,(H,19,20,22). The number of carbonyl (C=O) groups is 2. The number of nitrogens with zero attached hydrogens (tertiary/aromatic N) is 2. The third-order valence-corrected chi connectivity index (χ3v) is 3.68. The Morgan fingerprint density at radius 2 is 2.08 bits per heavy atom. The van der Waals surface area contributed by atoms with Crippen LogP contribution in [0.15, 0.2) is 12.4 Å². The van der Waals surface area contributed by atoms with E-state index in [1.807, 2.05) is 20.8 Å². The van der Waals surface area contributed by atoms with Crippen LogP contribution in [0.2, 0.25) is 0 Å². The van der Waals surface area contributed by atoms with Crippen molar-refractivity contribution in [2.45, 2.75) is 46.1 Å². The largest absolute Gasteiger partial charge is 0.379 e. The summed E-state index contributed by atoms with van der Waals surface area (Å²) in [6.07, 6.45) is 5.66. The molecule has 0 spiro atoms. The van der Waals surface area contributed by atoms with Crippen LogP contribution in [-0.4, -0.2) is 47.6 Å². The first-order chi connectivity index (χ1) is 11.4. The summed E-state index contributed by atoms with van der Waals surface area (Å²) in [5.41, 5.74) is -0.302. The van der Waals surface area contributed by atoms with Crippen LogP contribution in [0.1, 0.15) is 50.5 Å². The van der Waals surface area contributed by atoms with E-state index in [2.05, 4.69) is 15.3 Å². The Labute approximate surface area is 142 Å². The Morgan fingerprint density at radius 3 is 2.75 bits per heavy atom. The lowest BCUT2D eigenvalue weighted by atomic mass is 9.96. The van der Waals surface area contributed by atoms with E-state index in [4.69, 9.17) is 9.47 Å². The van der Waals surface area contributed by atoms with Crippen molar-refractivity contribution in [3.05, 3.63) is 18.1 Å². The maximum Gasteiger partial charge on any atom is 0.230 e. The third-order valence-electron chi connectivity index (χ3n) is 3.68. The number of ether oxygens (including phenoxy) is 2. The molecule has 2 rings (SSSR count). The van der Waals surface area contributed by atoms with Crippen molar-refractivity contribution in [2.24, 2.45) is 5.41 Å². The van der Waals surface area contributed by atoms with Crippen LogP contribution in [0.4, 0.5) is 5.82 Å². The first-order valence-electron chi connectivity index (χ1n) is 8.22. The molecule has 0 aliphatic carbocycles. The molecule has 2 heterocycles. The van der Waals surface area contributed by atoms with Gasteiger partial charge in [0, 0.05) is 12.0 Å². The second-order valence-corrected chi connectivity index (χ2v) is 6.92. The molecule has 1 aliphatic heterocycles. The van der Waals surface area contributed by atoms with Crippen LogP contribution < -0.4 is 5.32 Å². The zero-order valence-electron chi connectivity index (χ0n) is 14.5. The number of hydrogen-bond acceptors (Lipinski definition) is 6. The number of aromatic nitrogens is 2. The lowest BCUT2D eigenvalue weighted by molar-refractivity contribution is -0.123. The van der Waals surface area contributed by atoms with Gasteiger partial charge in [-0.05, 0) is 19.3 Å². The normalized spacial score (nSPS) is 18.7. The van der Waals surface area contributed by atoms with Crippen LogP contribution in [-0.2, 0) is 14.3 Å². The SMILES string of the molecule is CC(C)(C)C(=O)Nc1cnc(C(=O)COC2CCCCOC2)cn1. The molecule has 132 valence electrons. The summed E-state index contributed by atoms with van der Waals surface area (Å²) in [7, 11) is 0. The molecule has 1 fully saturated rings. The number of Topliss-reactive ketones (excluding diaryl/α,β-unsaturated/α-hetero) is 1. The molecule has 1 unspecified atom stereocenters. The highest BCUT2D eigenvalue weighted by atomic mass is 16.5. The first kappa shape index (κ1) is 18.5. The number of amides is 1. The van der Waals surface area contributed by atoms with Gasteiger partial charge in [0.05, 0.1) is 25.1 Å². The van der Waals surface area contributed by atoms with Gasteiger partial charge in [0.1, 0.15) is 12.3 Å². The Bertz CT molecular complexity index is 558. The third kappa shape index (κ3) is 5.65. The van der Waals surface area contributed by atoms with Crippen LogP contribution in [0, 0.1) is 5.41 Å². The summed E-state index contributed by atoms with van der Waals surface area (Å²) in [5.74, 6) is -0.0717. The van der Waals surface area contributed by atoms with Crippen LogP contribution >= 0.6 is 0 Å². The molecule has 1 atom stereocenters. The maximum absolute atomic E-state index is 12.1. The second-order valence-electron chi connectivity index (χ2n) is 6.92. The highest BCUT2D eigenvalue weighted by molar-refractivity contribution is 5.96. The molecule has 1 saturated heterocycles. The summed E-state index contributed by atoms with van der Waals surface area (Å²) < 4.78 is 11.0. The fourth-order valence-electron chi connectivity index (χ4n) is 2.11. The summed E-state index contributed by atoms with van der Waals surface area (Å²) in [6, 6.07) is 0. The predicted octanol–water partition coefficient (Wildman–Crippen LogP) is 2.23. The minimum absolute atomic E-state index is 0.0452. The van der Waals surface area contributed by atoms with Crippen molar-refractivity contribution in [2.75, 3.05) is 25.1 Å². The number of rotatable bonds is 5. The van der Waals surface area contributed by atoms with E-state index in [0.29, 0.717) is 12.4 Å². The summed E-state index contributed by atoms with van der Waals surface area (Å²) in [4.78, 5) is 32.1. The zero-order valence-corrected chi connectivity index (χ0v) is 14.5. The van der Waals surface area contributed by atoms with Gasteiger partial charge in [-0.2, -0.15) is 0 Å². The van der Waals surface area contributed by atoms with Gasteiger partial charge >= 0.3 is 0 Å². The van der Waals surface area contributed by atoms with Crippen molar-refractivity contribution < 1.29 is 19.1 Å². The fourth-order valence-corrected chi connectivity index (χ4v) is 2.11. The average Bonchev–Trinajstić information content (AvgIpc) is 2.81. The molecule has 0 radical (unpaired) electrons. The number of hydrogen-bond donors (Lipinski definition) is 1. The minimum atomic E-state index is -0.523. The monoisotopic (exact) mass is 335 g/mol. The average molecular weight is 335 g/mol. The van der Waals surface area contributed by atoms with Crippen molar-refractivity contribution in [1.29, 1.82) is 0 Å².